The van der Waals surface area contributed by atoms with E-state index >= 15 is 0 Å². The minimum absolute atomic E-state index is 0.306. The second-order valence-electron chi connectivity index (χ2n) is 12.8. The second kappa shape index (κ2) is 12.0. The highest BCUT2D eigenvalue weighted by Gasteiger charge is 2.51. The number of nitrogens with zero attached hydrogens (tertiary/aromatic N) is 2. The first-order valence-electron chi connectivity index (χ1n) is 14.8. The number of fused-ring (bicyclic) bond motifs is 2. The van der Waals surface area contributed by atoms with Crippen molar-refractivity contribution in [1.82, 2.24) is 5.01 Å². The highest BCUT2D eigenvalue weighted by molar-refractivity contribution is 6.76. The van der Waals surface area contributed by atoms with E-state index in [0.717, 1.165) is 80.9 Å². The van der Waals surface area contributed by atoms with Gasteiger partial charge < -0.3 is 9.64 Å². The quantitative estimate of drug-likeness (QED) is 0.0818. The molecule has 0 saturated heterocycles. The molecule has 1 aliphatic heterocycles. The van der Waals surface area contributed by atoms with E-state index in [1.54, 1.807) is 5.01 Å². The van der Waals surface area contributed by atoms with Crippen molar-refractivity contribution < 1.29 is 9.53 Å². The number of amides is 1. The highest BCUT2D eigenvalue weighted by Crippen LogP contribution is 2.53. The predicted molar refractivity (Wildman–Crippen MR) is 167 cm³/mol. The third-order valence-electron chi connectivity index (χ3n) is 8.80. The summed E-state index contributed by atoms with van der Waals surface area (Å²) < 4.78 is 5.87. The number of benzene rings is 1. The Morgan fingerprint density at radius 1 is 1.18 bits per heavy atom. The van der Waals surface area contributed by atoms with Crippen LogP contribution in [0.15, 0.2) is 54.3 Å². The van der Waals surface area contributed by atoms with Gasteiger partial charge in [0.2, 0.25) is 5.91 Å². The van der Waals surface area contributed by atoms with E-state index in [9.17, 15) is 4.79 Å². The largest absolute Gasteiger partial charge is 0.360 e. The van der Waals surface area contributed by atoms with Gasteiger partial charge in [-0.05, 0) is 103 Å². The van der Waals surface area contributed by atoms with Gasteiger partial charge in [-0.25, -0.2) is 5.84 Å². The van der Waals surface area contributed by atoms with Gasteiger partial charge >= 0.3 is 0 Å². The molecule has 0 bridgehead atoms. The molecule has 1 heterocycles. The molecule has 5 nitrogen and oxygen atoms in total. The monoisotopic (exact) mass is 547 g/mol. The van der Waals surface area contributed by atoms with Crippen molar-refractivity contribution in [1.29, 1.82) is 0 Å². The van der Waals surface area contributed by atoms with Gasteiger partial charge in [-0.3, -0.25) is 9.80 Å². The number of carbonyl (C=O) groups is 1. The van der Waals surface area contributed by atoms with Gasteiger partial charge in [-0.1, -0.05) is 51.2 Å². The first kappa shape index (κ1) is 29.6. The van der Waals surface area contributed by atoms with Crippen LogP contribution in [0, 0.1) is 6.92 Å². The van der Waals surface area contributed by atoms with E-state index in [4.69, 9.17) is 10.6 Å². The van der Waals surface area contributed by atoms with Crippen LogP contribution < -0.4 is 10.7 Å². The van der Waals surface area contributed by atoms with Gasteiger partial charge in [0.1, 0.15) is 6.73 Å². The number of hydrazine groups is 1. The number of hydrogen-bond acceptors (Lipinski definition) is 4. The fourth-order valence-electron chi connectivity index (χ4n) is 6.64. The Bertz CT molecular complexity index is 1180. The Morgan fingerprint density at radius 2 is 1.90 bits per heavy atom. The molecule has 1 fully saturated rings. The minimum atomic E-state index is -1.13. The first-order chi connectivity index (χ1) is 18.5. The van der Waals surface area contributed by atoms with Crippen LogP contribution in [0.2, 0.25) is 25.7 Å². The Morgan fingerprint density at radius 3 is 2.54 bits per heavy atom. The lowest BCUT2D eigenvalue weighted by Crippen LogP contribution is -2.38. The average molecular weight is 548 g/mol. The van der Waals surface area contributed by atoms with Crippen LogP contribution in [0.5, 0.6) is 0 Å². The van der Waals surface area contributed by atoms with Crippen LogP contribution in [0.3, 0.4) is 0 Å². The number of hydrogen-bond donors (Lipinski definition) is 1. The molecule has 0 aromatic heterocycles. The Labute approximate surface area is 237 Å². The molecule has 1 aromatic carbocycles. The van der Waals surface area contributed by atoms with Crippen molar-refractivity contribution in [3.63, 3.8) is 0 Å². The van der Waals surface area contributed by atoms with Crippen LogP contribution in [0.4, 0.5) is 5.69 Å². The zero-order chi connectivity index (χ0) is 28.4. The van der Waals surface area contributed by atoms with Gasteiger partial charge in [-0.2, -0.15) is 0 Å². The smallest absolute Gasteiger partial charge is 0.237 e. The molecular formula is C33H49N3O2Si. The molecule has 2 N–H and O–H groups in total. The maximum absolute atomic E-state index is 13.6. The minimum Gasteiger partial charge on any atom is -0.360 e. The number of likely N-dealkylation sites (N-methyl/N-ethyl adjacent to an activating group) is 1. The summed E-state index contributed by atoms with van der Waals surface area (Å²) >= 11 is 0. The Kier molecular flexibility index (Phi) is 9.09. The Balaban J connectivity index is 1.66. The van der Waals surface area contributed by atoms with Crippen LogP contribution in [0.1, 0.15) is 75.0 Å². The van der Waals surface area contributed by atoms with Crippen molar-refractivity contribution in [2.45, 2.75) is 96.3 Å². The molecule has 1 amide bonds. The maximum atomic E-state index is 13.6. The third kappa shape index (κ3) is 6.03. The van der Waals surface area contributed by atoms with Gasteiger partial charge in [0.25, 0.3) is 0 Å². The summed E-state index contributed by atoms with van der Waals surface area (Å²) in [6, 6.07) is 5.76. The lowest BCUT2D eigenvalue weighted by Gasteiger charge is -2.23. The third-order valence-corrected chi connectivity index (χ3v) is 10.5. The van der Waals surface area contributed by atoms with Gasteiger partial charge in [0.05, 0.1) is 5.41 Å². The molecule has 6 heteroatoms. The molecular weight excluding hydrogens is 498 g/mol. The van der Waals surface area contributed by atoms with Crippen LogP contribution in [-0.4, -0.2) is 38.9 Å². The second-order valence-corrected chi connectivity index (χ2v) is 18.4. The van der Waals surface area contributed by atoms with E-state index in [0.29, 0.717) is 19.2 Å². The number of anilines is 1. The summed E-state index contributed by atoms with van der Waals surface area (Å²) in [7, 11) is -1.13. The van der Waals surface area contributed by atoms with E-state index in [1.165, 1.54) is 27.8 Å². The number of rotatable bonds is 10. The SMILES string of the molecule is C=CCC1=C(c2cc3c(cc2C)C2(CCCC2)C(=O)N3CC)CCC/C(=C/N(N)COCC[Si](C)(C)C)C1=C. The van der Waals surface area contributed by atoms with E-state index in [1.807, 2.05) is 17.2 Å². The fraction of sp³-hybridized carbons (Fsp3) is 0.545. The van der Waals surface area contributed by atoms with Gasteiger partial charge in [0.15, 0.2) is 0 Å². The first-order valence-corrected chi connectivity index (χ1v) is 18.5. The summed E-state index contributed by atoms with van der Waals surface area (Å²) in [5.74, 6) is 6.65. The predicted octanol–water partition coefficient (Wildman–Crippen LogP) is 7.62. The van der Waals surface area contributed by atoms with Crippen LogP contribution in [0.25, 0.3) is 5.57 Å². The van der Waals surface area contributed by atoms with Gasteiger partial charge in [0, 0.05) is 33.1 Å². The zero-order valence-corrected chi connectivity index (χ0v) is 26.0. The number of aryl methyl sites for hydroxylation is 1. The maximum Gasteiger partial charge on any atom is 0.237 e. The average Bonchev–Trinajstić information content (AvgIpc) is 3.42. The lowest BCUT2D eigenvalue weighted by molar-refractivity contribution is -0.122. The van der Waals surface area contributed by atoms with E-state index in [2.05, 4.69) is 58.8 Å². The van der Waals surface area contributed by atoms with E-state index < -0.39 is 8.07 Å². The van der Waals surface area contributed by atoms with Gasteiger partial charge in [-0.15, -0.1) is 6.58 Å². The number of nitrogens with two attached hydrogens (primary N) is 1. The number of carbonyl (C=O) groups excluding carboxylic acids is 1. The molecule has 1 spiro atoms. The molecule has 212 valence electrons. The summed E-state index contributed by atoms with van der Waals surface area (Å²) in [5.41, 5.74) is 9.31. The van der Waals surface area contributed by atoms with Crippen molar-refractivity contribution in [3.05, 3.63) is 71.0 Å². The standard InChI is InChI=1S/C33H49N3O2Si/c1-8-13-27-25(4)26(22-35(34)23-38-18-19-39(5,6)7)14-12-15-28(27)29-21-31-30(20-24(29)3)33(16-10-11-17-33)32(37)36(31)9-2/h8,20-22H,1,4,9-19,23,34H2,2-3,5-7H3/b26-22-. The van der Waals surface area contributed by atoms with Crippen molar-refractivity contribution >= 4 is 25.2 Å². The molecule has 0 atom stereocenters. The van der Waals surface area contributed by atoms with Crippen LogP contribution in [-0.2, 0) is 14.9 Å². The normalized spacial score (nSPS) is 20.3. The summed E-state index contributed by atoms with van der Waals surface area (Å²) in [6.07, 6.45) is 11.8. The molecule has 0 radical (unpaired) electrons. The lowest BCUT2D eigenvalue weighted by atomic mass is 9.78. The van der Waals surface area contributed by atoms with Crippen LogP contribution >= 0.6 is 0 Å². The summed E-state index contributed by atoms with van der Waals surface area (Å²) in [5, 5.41) is 1.66. The number of allylic oxidation sites excluding steroid dienone is 5. The molecule has 1 saturated carbocycles. The van der Waals surface area contributed by atoms with Crippen molar-refractivity contribution in [2.24, 2.45) is 5.84 Å². The fourth-order valence-corrected chi connectivity index (χ4v) is 7.39. The van der Waals surface area contributed by atoms with Crippen molar-refractivity contribution in [2.75, 3.05) is 24.8 Å². The summed E-state index contributed by atoms with van der Waals surface area (Å²) in [6.45, 7) is 21.8. The Hall–Kier alpha value is -2.41. The van der Waals surface area contributed by atoms with Crippen molar-refractivity contribution in [3.8, 4) is 0 Å². The van der Waals surface area contributed by atoms with E-state index in [-0.39, 0.29) is 5.41 Å². The molecule has 3 aliphatic rings. The zero-order valence-electron chi connectivity index (χ0n) is 25.0. The molecule has 39 heavy (non-hydrogen) atoms. The molecule has 4 rings (SSSR count). The highest BCUT2D eigenvalue weighted by atomic mass is 28.3. The number of ether oxygens (including phenoxy) is 1. The summed E-state index contributed by atoms with van der Waals surface area (Å²) in [4.78, 5) is 15.7. The topological polar surface area (TPSA) is 58.8 Å². The molecule has 1 aromatic rings. The molecule has 2 aliphatic carbocycles. The molecule has 0 unspecified atom stereocenters.